The highest BCUT2D eigenvalue weighted by molar-refractivity contribution is 5.43. The topological polar surface area (TPSA) is 44.5 Å². The van der Waals surface area contributed by atoms with Gasteiger partial charge in [-0.05, 0) is 42.9 Å². The van der Waals surface area contributed by atoms with Crippen molar-refractivity contribution < 1.29 is 9.47 Å². The molecular formula is C17H29NO2. The van der Waals surface area contributed by atoms with Crippen LogP contribution < -0.4 is 15.2 Å². The number of hydrogen-bond acceptors (Lipinski definition) is 3. The van der Waals surface area contributed by atoms with Crippen molar-refractivity contribution >= 4 is 0 Å². The van der Waals surface area contributed by atoms with E-state index >= 15 is 0 Å². The maximum absolute atomic E-state index is 6.25. The third-order valence-electron chi connectivity index (χ3n) is 3.34. The lowest BCUT2D eigenvalue weighted by Crippen LogP contribution is -2.36. The Labute approximate surface area is 123 Å². The van der Waals surface area contributed by atoms with E-state index in [1.54, 1.807) is 0 Å². The molecule has 20 heavy (non-hydrogen) atoms. The van der Waals surface area contributed by atoms with Crippen LogP contribution in [0.3, 0.4) is 0 Å². The van der Waals surface area contributed by atoms with Crippen molar-refractivity contribution in [1.82, 2.24) is 0 Å². The van der Waals surface area contributed by atoms with E-state index < -0.39 is 0 Å². The second-order valence-electron chi connectivity index (χ2n) is 6.24. The normalized spacial score (nSPS) is 13.1. The first-order valence-corrected chi connectivity index (χ1v) is 7.52. The van der Waals surface area contributed by atoms with Gasteiger partial charge in [-0.1, -0.05) is 33.8 Å². The van der Waals surface area contributed by atoms with Gasteiger partial charge in [0.2, 0.25) is 0 Å². The Balaban J connectivity index is 2.86. The van der Waals surface area contributed by atoms with Gasteiger partial charge in [-0.15, -0.1) is 0 Å². The summed E-state index contributed by atoms with van der Waals surface area (Å²) < 4.78 is 11.4. The van der Waals surface area contributed by atoms with E-state index in [-0.39, 0.29) is 11.5 Å². The summed E-state index contributed by atoms with van der Waals surface area (Å²) in [5, 5.41) is 0. The molecule has 0 saturated heterocycles. The monoisotopic (exact) mass is 279 g/mol. The number of ether oxygens (including phenoxy) is 2. The number of nitrogens with two attached hydrogens (primary N) is 1. The Kier molecular flexibility index (Phi) is 6.34. The molecule has 114 valence electrons. The van der Waals surface area contributed by atoms with Crippen molar-refractivity contribution in [2.45, 2.75) is 53.5 Å². The van der Waals surface area contributed by atoms with Crippen molar-refractivity contribution in [2.24, 2.45) is 11.1 Å². The Morgan fingerprint density at radius 3 is 2.35 bits per heavy atom. The molecule has 0 saturated carbocycles. The first kappa shape index (κ1) is 16.8. The summed E-state index contributed by atoms with van der Waals surface area (Å²) in [4.78, 5) is 0. The highest BCUT2D eigenvalue weighted by atomic mass is 16.5. The Hall–Kier alpha value is -1.22. The van der Waals surface area contributed by atoms with Crippen molar-refractivity contribution in [3.63, 3.8) is 0 Å². The van der Waals surface area contributed by atoms with Gasteiger partial charge in [-0.2, -0.15) is 0 Å². The van der Waals surface area contributed by atoms with E-state index in [2.05, 4.69) is 39.8 Å². The molecule has 0 aromatic heterocycles. The van der Waals surface area contributed by atoms with Crippen LogP contribution in [0.1, 0.15) is 46.6 Å². The molecule has 0 aliphatic carbocycles. The van der Waals surface area contributed by atoms with Crippen LogP contribution in [-0.4, -0.2) is 19.3 Å². The summed E-state index contributed by atoms with van der Waals surface area (Å²) >= 11 is 0. The van der Waals surface area contributed by atoms with Crippen LogP contribution >= 0.6 is 0 Å². The molecule has 0 radical (unpaired) electrons. The third kappa shape index (κ3) is 5.04. The van der Waals surface area contributed by atoms with E-state index in [0.717, 1.165) is 24.3 Å². The average molecular weight is 279 g/mol. The van der Waals surface area contributed by atoms with Crippen LogP contribution in [0, 0.1) is 5.41 Å². The molecule has 3 nitrogen and oxygen atoms in total. The first-order chi connectivity index (χ1) is 9.38. The average Bonchev–Trinajstić information content (AvgIpc) is 2.37. The standard InChI is InChI=1S/C17H29NO2/c1-6-10-20-14-9-8-13(11-15(14)19-7-2)12-16(18)17(3,4)5/h8-9,11,16H,6-7,10,12,18H2,1-5H3. The van der Waals surface area contributed by atoms with Gasteiger partial charge in [0.1, 0.15) is 0 Å². The number of rotatable bonds is 7. The number of benzene rings is 1. The summed E-state index contributed by atoms with van der Waals surface area (Å²) in [5.74, 6) is 1.64. The van der Waals surface area contributed by atoms with E-state index in [0.29, 0.717) is 13.2 Å². The molecule has 1 rings (SSSR count). The van der Waals surface area contributed by atoms with Crippen molar-refractivity contribution in [1.29, 1.82) is 0 Å². The lowest BCUT2D eigenvalue weighted by atomic mass is 9.84. The summed E-state index contributed by atoms with van der Waals surface area (Å²) in [6.07, 6.45) is 1.83. The largest absolute Gasteiger partial charge is 0.490 e. The minimum atomic E-state index is 0.100. The molecule has 2 N–H and O–H groups in total. The molecular weight excluding hydrogens is 250 g/mol. The van der Waals surface area contributed by atoms with E-state index in [1.165, 1.54) is 5.56 Å². The molecule has 0 bridgehead atoms. The third-order valence-corrected chi connectivity index (χ3v) is 3.34. The van der Waals surface area contributed by atoms with Gasteiger partial charge in [0.05, 0.1) is 13.2 Å². The fraction of sp³-hybridized carbons (Fsp3) is 0.647. The summed E-state index contributed by atoms with van der Waals surface area (Å²) in [6.45, 7) is 11.9. The SMILES string of the molecule is CCCOc1ccc(CC(N)C(C)(C)C)cc1OCC. The second-order valence-corrected chi connectivity index (χ2v) is 6.24. The van der Waals surface area contributed by atoms with Gasteiger partial charge in [0, 0.05) is 6.04 Å². The quantitative estimate of drug-likeness (QED) is 0.826. The van der Waals surface area contributed by atoms with E-state index in [9.17, 15) is 0 Å². The van der Waals surface area contributed by atoms with Gasteiger partial charge in [0.15, 0.2) is 11.5 Å². The molecule has 1 unspecified atom stereocenters. The van der Waals surface area contributed by atoms with Crippen LogP contribution in [0.15, 0.2) is 18.2 Å². The van der Waals surface area contributed by atoms with Crippen LogP contribution in [-0.2, 0) is 6.42 Å². The van der Waals surface area contributed by atoms with Crippen molar-refractivity contribution in [3.8, 4) is 11.5 Å². The minimum Gasteiger partial charge on any atom is -0.490 e. The smallest absolute Gasteiger partial charge is 0.161 e. The molecule has 0 aliphatic rings. The maximum atomic E-state index is 6.25. The van der Waals surface area contributed by atoms with Crippen LogP contribution in [0.5, 0.6) is 11.5 Å². The highest BCUT2D eigenvalue weighted by Gasteiger charge is 2.21. The molecule has 1 aromatic carbocycles. The van der Waals surface area contributed by atoms with Gasteiger partial charge in [0.25, 0.3) is 0 Å². The molecule has 0 fully saturated rings. The van der Waals surface area contributed by atoms with Crippen molar-refractivity contribution in [2.75, 3.05) is 13.2 Å². The molecule has 0 heterocycles. The lowest BCUT2D eigenvalue weighted by Gasteiger charge is -2.27. The summed E-state index contributed by atoms with van der Waals surface area (Å²) in [5.41, 5.74) is 7.55. The van der Waals surface area contributed by atoms with Crippen LogP contribution in [0.25, 0.3) is 0 Å². The fourth-order valence-corrected chi connectivity index (χ4v) is 1.84. The zero-order valence-electron chi connectivity index (χ0n) is 13.5. The van der Waals surface area contributed by atoms with Crippen molar-refractivity contribution in [3.05, 3.63) is 23.8 Å². The maximum Gasteiger partial charge on any atom is 0.161 e. The Morgan fingerprint density at radius 2 is 1.80 bits per heavy atom. The lowest BCUT2D eigenvalue weighted by molar-refractivity contribution is 0.276. The predicted molar refractivity (Wildman–Crippen MR) is 84.5 cm³/mol. The second kappa shape index (κ2) is 7.53. The van der Waals surface area contributed by atoms with Gasteiger partial charge in [-0.3, -0.25) is 0 Å². The van der Waals surface area contributed by atoms with Gasteiger partial charge in [-0.25, -0.2) is 0 Å². The van der Waals surface area contributed by atoms with Gasteiger partial charge < -0.3 is 15.2 Å². The zero-order valence-corrected chi connectivity index (χ0v) is 13.5. The molecule has 1 atom stereocenters. The van der Waals surface area contributed by atoms with E-state index in [4.69, 9.17) is 15.2 Å². The van der Waals surface area contributed by atoms with E-state index in [1.807, 2.05) is 13.0 Å². The minimum absolute atomic E-state index is 0.100. The Morgan fingerprint density at radius 1 is 1.10 bits per heavy atom. The highest BCUT2D eigenvalue weighted by Crippen LogP contribution is 2.30. The molecule has 0 spiro atoms. The first-order valence-electron chi connectivity index (χ1n) is 7.52. The van der Waals surface area contributed by atoms with Gasteiger partial charge >= 0.3 is 0 Å². The van der Waals surface area contributed by atoms with Crippen LogP contribution in [0.2, 0.25) is 0 Å². The molecule has 0 amide bonds. The number of hydrogen-bond donors (Lipinski definition) is 1. The summed E-state index contributed by atoms with van der Waals surface area (Å²) in [6, 6.07) is 6.25. The predicted octanol–water partition coefficient (Wildman–Crippen LogP) is 3.79. The van der Waals surface area contributed by atoms with Crippen LogP contribution in [0.4, 0.5) is 0 Å². The molecule has 1 aromatic rings. The zero-order chi connectivity index (χ0) is 15.2. The molecule has 0 aliphatic heterocycles. The fourth-order valence-electron chi connectivity index (χ4n) is 1.84. The Bertz CT molecular complexity index is 410. The molecule has 3 heteroatoms. The summed E-state index contributed by atoms with van der Waals surface area (Å²) in [7, 11) is 0.